The van der Waals surface area contributed by atoms with E-state index >= 15 is 0 Å². The van der Waals surface area contributed by atoms with Crippen molar-refractivity contribution in [1.82, 2.24) is 10.2 Å². The Morgan fingerprint density at radius 3 is 2.70 bits per heavy atom. The first kappa shape index (κ1) is 17.5. The average molecular weight is 342 g/mol. The van der Waals surface area contributed by atoms with Crippen LogP contribution in [0.5, 0.6) is 5.75 Å². The number of nitrogens with one attached hydrogen (secondary N) is 1. The van der Waals surface area contributed by atoms with Crippen LogP contribution in [-0.2, 0) is 4.79 Å². The van der Waals surface area contributed by atoms with Crippen molar-refractivity contribution in [2.75, 3.05) is 20.1 Å². The Kier molecular flexibility index (Phi) is 5.79. The fourth-order valence-electron chi connectivity index (χ4n) is 2.62. The molecule has 1 atom stereocenters. The van der Waals surface area contributed by atoms with Gasteiger partial charge in [-0.1, -0.05) is 11.6 Å². The minimum Gasteiger partial charge on any atom is -0.474 e. The number of hydrogen-bond donors (Lipinski definition) is 1. The van der Waals surface area contributed by atoms with Gasteiger partial charge in [0, 0.05) is 30.2 Å². The topological polar surface area (TPSA) is 84.7 Å². The molecule has 7 nitrogen and oxygen atoms in total. The number of carbonyl (C=O) groups is 1. The molecule has 0 aliphatic carbocycles. The number of nitro benzene ring substituents is 1. The number of carbonyl (C=O) groups excluding carboxylic acids is 1. The van der Waals surface area contributed by atoms with E-state index < -0.39 is 11.0 Å². The van der Waals surface area contributed by atoms with Gasteiger partial charge in [-0.3, -0.25) is 14.9 Å². The van der Waals surface area contributed by atoms with Crippen molar-refractivity contribution in [3.05, 3.63) is 33.3 Å². The van der Waals surface area contributed by atoms with E-state index in [4.69, 9.17) is 16.3 Å². The zero-order valence-corrected chi connectivity index (χ0v) is 13.9. The molecule has 2 rings (SSSR count). The molecule has 1 amide bonds. The summed E-state index contributed by atoms with van der Waals surface area (Å²) < 4.78 is 5.52. The normalized spacial score (nSPS) is 16.9. The predicted octanol–water partition coefficient (Wildman–Crippen LogP) is 2.23. The fourth-order valence-corrected chi connectivity index (χ4v) is 2.79. The third kappa shape index (κ3) is 4.33. The number of ether oxygens (including phenoxy) is 1. The number of halogens is 1. The third-order valence-corrected chi connectivity index (χ3v) is 4.22. The van der Waals surface area contributed by atoms with Gasteiger partial charge in [0.15, 0.2) is 11.9 Å². The summed E-state index contributed by atoms with van der Waals surface area (Å²) in [4.78, 5) is 24.7. The number of amides is 1. The van der Waals surface area contributed by atoms with Gasteiger partial charge in [0.05, 0.1) is 4.92 Å². The highest BCUT2D eigenvalue weighted by atomic mass is 35.5. The summed E-state index contributed by atoms with van der Waals surface area (Å²) in [5, 5.41) is 14.5. The van der Waals surface area contributed by atoms with Crippen molar-refractivity contribution in [2.45, 2.75) is 31.9 Å². The molecule has 23 heavy (non-hydrogen) atoms. The molecule has 1 saturated heterocycles. The SMILES string of the molecule is CNC1CCN(C(=O)C(C)Oc2ccc(Cl)cc2[N+](=O)[O-])CC1. The molecule has 0 radical (unpaired) electrons. The van der Waals surface area contributed by atoms with Crippen molar-refractivity contribution in [3.63, 3.8) is 0 Å². The molecular weight excluding hydrogens is 322 g/mol. The summed E-state index contributed by atoms with van der Waals surface area (Å²) in [5.74, 6) is -0.117. The minimum absolute atomic E-state index is 0.0466. The Morgan fingerprint density at radius 1 is 1.48 bits per heavy atom. The Hall–Kier alpha value is -1.86. The molecule has 0 saturated carbocycles. The van der Waals surface area contributed by atoms with Crippen LogP contribution in [0, 0.1) is 10.1 Å². The van der Waals surface area contributed by atoms with Crippen LogP contribution in [-0.4, -0.2) is 48.0 Å². The molecule has 1 aromatic rings. The van der Waals surface area contributed by atoms with Gasteiger partial charge in [0.25, 0.3) is 5.91 Å². The second-order valence-corrected chi connectivity index (χ2v) is 5.95. The summed E-state index contributed by atoms with van der Waals surface area (Å²) in [5.41, 5.74) is -0.244. The molecule has 0 aromatic heterocycles. The van der Waals surface area contributed by atoms with Gasteiger partial charge in [-0.25, -0.2) is 0 Å². The summed E-state index contributed by atoms with van der Waals surface area (Å²) in [6, 6.07) is 4.55. The molecule has 126 valence electrons. The average Bonchev–Trinajstić information content (AvgIpc) is 2.55. The van der Waals surface area contributed by atoms with Gasteiger partial charge >= 0.3 is 5.69 Å². The highest BCUT2D eigenvalue weighted by molar-refractivity contribution is 6.30. The van der Waals surface area contributed by atoms with Gasteiger partial charge in [-0.2, -0.15) is 0 Å². The van der Waals surface area contributed by atoms with E-state index in [0.29, 0.717) is 19.1 Å². The van der Waals surface area contributed by atoms with Crippen molar-refractivity contribution in [2.24, 2.45) is 0 Å². The fraction of sp³-hybridized carbons (Fsp3) is 0.533. The lowest BCUT2D eigenvalue weighted by atomic mass is 10.0. The molecule has 8 heteroatoms. The van der Waals surface area contributed by atoms with E-state index in [0.717, 1.165) is 12.8 Å². The van der Waals surface area contributed by atoms with Crippen molar-refractivity contribution < 1.29 is 14.5 Å². The molecule has 0 spiro atoms. The number of likely N-dealkylation sites (tertiary alicyclic amines) is 1. The van der Waals surface area contributed by atoms with Crippen LogP contribution in [0.4, 0.5) is 5.69 Å². The van der Waals surface area contributed by atoms with Gasteiger partial charge in [-0.05, 0) is 38.9 Å². The first-order valence-electron chi connectivity index (χ1n) is 7.49. The predicted molar refractivity (Wildman–Crippen MR) is 86.9 cm³/mol. The van der Waals surface area contributed by atoms with E-state index in [1.807, 2.05) is 7.05 Å². The molecule has 1 aliphatic heterocycles. The van der Waals surface area contributed by atoms with Crippen LogP contribution < -0.4 is 10.1 Å². The lowest BCUT2D eigenvalue weighted by molar-refractivity contribution is -0.386. The quantitative estimate of drug-likeness (QED) is 0.655. The number of nitrogens with zero attached hydrogens (tertiary/aromatic N) is 2. The first-order valence-corrected chi connectivity index (χ1v) is 7.86. The minimum atomic E-state index is -0.791. The second-order valence-electron chi connectivity index (χ2n) is 5.52. The third-order valence-electron chi connectivity index (χ3n) is 3.98. The lowest BCUT2D eigenvalue weighted by Crippen LogP contribution is -2.48. The monoisotopic (exact) mass is 341 g/mol. The summed E-state index contributed by atoms with van der Waals surface area (Å²) in [6.07, 6.45) is 0.979. The summed E-state index contributed by atoms with van der Waals surface area (Å²) in [7, 11) is 1.91. The molecule has 1 heterocycles. The van der Waals surface area contributed by atoms with Crippen molar-refractivity contribution in [1.29, 1.82) is 0 Å². The Bertz CT molecular complexity index is 588. The van der Waals surface area contributed by atoms with Gasteiger partial charge < -0.3 is 15.0 Å². The lowest BCUT2D eigenvalue weighted by Gasteiger charge is -2.33. The number of piperidine rings is 1. The van der Waals surface area contributed by atoms with Gasteiger partial charge in [-0.15, -0.1) is 0 Å². The van der Waals surface area contributed by atoms with E-state index in [1.165, 1.54) is 18.2 Å². The maximum Gasteiger partial charge on any atom is 0.312 e. The number of nitro groups is 1. The summed E-state index contributed by atoms with van der Waals surface area (Å²) in [6.45, 7) is 2.91. The number of hydrogen-bond acceptors (Lipinski definition) is 5. The molecule has 1 unspecified atom stereocenters. The van der Waals surface area contributed by atoms with Crippen molar-refractivity contribution >= 4 is 23.2 Å². The highest BCUT2D eigenvalue weighted by Gasteiger charge is 2.28. The van der Waals surface area contributed by atoms with E-state index in [1.54, 1.807) is 11.8 Å². The van der Waals surface area contributed by atoms with Crippen LogP contribution in [0.3, 0.4) is 0 Å². The van der Waals surface area contributed by atoms with E-state index in [-0.39, 0.29) is 22.4 Å². The maximum atomic E-state index is 12.4. The Balaban J connectivity index is 2.03. The molecule has 0 bridgehead atoms. The molecule has 1 aliphatic rings. The van der Waals surface area contributed by atoms with Crippen LogP contribution in [0.25, 0.3) is 0 Å². The smallest absolute Gasteiger partial charge is 0.312 e. The van der Waals surface area contributed by atoms with Crippen molar-refractivity contribution in [3.8, 4) is 5.75 Å². The standard InChI is InChI=1S/C15H20ClN3O4/c1-10(15(20)18-7-5-12(17-2)6-8-18)23-14-4-3-11(16)9-13(14)19(21)22/h3-4,9-10,12,17H,5-8H2,1-2H3. The van der Waals surface area contributed by atoms with Crippen LogP contribution >= 0.6 is 11.6 Å². The highest BCUT2D eigenvalue weighted by Crippen LogP contribution is 2.31. The number of benzene rings is 1. The first-order chi connectivity index (χ1) is 10.9. The van der Waals surface area contributed by atoms with E-state index in [9.17, 15) is 14.9 Å². The zero-order chi connectivity index (χ0) is 17.0. The summed E-state index contributed by atoms with van der Waals surface area (Å²) >= 11 is 5.77. The largest absolute Gasteiger partial charge is 0.474 e. The van der Waals surface area contributed by atoms with Crippen LogP contribution in [0.1, 0.15) is 19.8 Å². The van der Waals surface area contributed by atoms with Gasteiger partial charge in [0.1, 0.15) is 0 Å². The molecule has 1 N–H and O–H groups in total. The van der Waals surface area contributed by atoms with Crippen LogP contribution in [0.2, 0.25) is 5.02 Å². The molecular formula is C15H20ClN3O4. The van der Waals surface area contributed by atoms with E-state index in [2.05, 4.69) is 5.32 Å². The second kappa shape index (κ2) is 7.61. The molecule has 1 aromatic carbocycles. The maximum absolute atomic E-state index is 12.4. The Morgan fingerprint density at radius 2 is 2.13 bits per heavy atom. The Labute approximate surface area is 139 Å². The molecule has 1 fully saturated rings. The van der Waals surface area contributed by atoms with Gasteiger partial charge in [0.2, 0.25) is 0 Å². The number of rotatable bonds is 5. The van der Waals surface area contributed by atoms with Crippen LogP contribution in [0.15, 0.2) is 18.2 Å². The zero-order valence-electron chi connectivity index (χ0n) is 13.1.